The smallest absolute Gasteiger partial charge is 0.205 e. The summed E-state index contributed by atoms with van der Waals surface area (Å²) in [7, 11) is 0. The van der Waals surface area contributed by atoms with Crippen LogP contribution < -0.4 is 15.9 Å². The number of nitrogens with two attached hydrogens (primary N) is 1. The number of benzene rings is 2. The SMILES string of the molecule is Nc1csc(NN=Cc2cccc(COc3c(F)cccc3F)c2)n1. The molecule has 3 aromatic rings. The van der Waals surface area contributed by atoms with Crippen LogP contribution in [0.25, 0.3) is 0 Å². The Kier molecular flexibility index (Phi) is 5.20. The van der Waals surface area contributed by atoms with E-state index < -0.39 is 11.6 Å². The van der Waals surface area contributed by atoms with Crippen molar-refractivity contribution in [1.29, 1.82) is 0 Å². The average Bonchev–Trinajstić information content (AvgIpc) is 3.00. The summed E-state index contributed by atoms with van der Waals surface area (Å²) in [6, 6.07) is 10.8. The van der Waals surface area contributed by atoms with Crippen LogP contribution in [0.3, 0.4) is 0 Å². The maximum Gasteiger partial charge on any atom is 0.205 e. The van der Waals surface area contributed by atoms with Crippen molar-refractivity contribution in [3.8, 4) is 5.75 Å². The molecule has 5 nitrogen and oxygen atoms in total. The van der Waals surface area contributed by atoms with Crippen LogP contribution in [0.15, 0.2) is 52.9 Å². The first-order valence-corrected chi connectivity index (χ1v) is 8.15. The normalized spacial score (nSPS) is 11.0. The minimum absolute atomic E-state index is 0.0377. The van der Waals surface area contributed by atoms with Crippen LogP contribution in [0, 0.1) is 11.6 Å². The lowest BCUT2D eigenvalue weighted by Crippen LogP contribution is -2.00. The van der Waals surface area contributed by atoms with E-state index in [1.807, 2.05) is 6.07 Å². The van der Waals surface area contributed by atoms with Crippen molar-refractivity contribution in [1.82, 2.24) is 4.98 Å². The second-order valence-corrected chi connectivity index (χ2v) is 5.89. The van der Waals surface area contributed by atoms with Crippen LogP contribution in [0.4, 0.5) is 19.7 Å². The van der Waals surface area contributed by atoms with Gasteiger partial charge in [-0.3, -0.25) is 5.43 Å². The van der Waals surface area contributed by atoms with E-state index >= 15 is 0 Å². The Hall–Kier alpha value is -3.00. The van der Waals surface area contributed by atoms with Crippen LogP contribution in [0.2, 0.25) is 0 Å². The molecule has 0 unspecified atom stereocenters. The van der Waals surface area contributed by atoms with Gasteiger partial charge < -0.3 is 10.5 Å². The van der Waals surface area contributed by atoms with Crippen LogP contribution >= 0.6 is 11.3 Å². The highest BCUT2D eigenvalue weighted by Gasteiger charge is 2.09. The molecule has 0 radical (unpaired) electrons. The van der Waals surface area contributed by atoms with Crippen LogP contribution in [0.5, 0.6) is 5.75 Å². The fourth-order valence-electron chi connectivity index (χ4n) is 2.04. The third-order valence-corrected chi connectivity index (χ3v) is 3.91. The number of halogens is 2. The zero-order valence-corrected chi connectivity index (χ0v) is 13.8. The van der Waals surface area contributed by atoms with Gasteiger partial charge in [-0.1, -0.05) is 24.3 Å². The minimum Gasteiger partial charge on any atom is -0.483 e. The first-order valence-electron chi connectivity index (χ1n) is 7.27. The molecule has 0 fully saturated rings. The van der Waals surface area contributed by atoms with E-state index in [-0.39, 0.29) is 12.4 Å². The van der Waals surface area contributed by atoms with Crippen LogP contribution in [-0.2, 0) is 6.61 Å². The molecule has 8 heteroatoms. The Bertz CT molecular complexity index is 878. The van der Waals surface area contributed by atoms with Gasteiger partial charge in [-0.05, 0) is 29.3 Å². The summed E-state index contributed by atoms with van der Waals surface area (Å²) >= 11 is 1.34. The lowest BCUT2D eigenvalue weighted by molar-refractivity contribution is 0.274. The number of nitrogen functional groups attached to an aromatic ring is 1. The third-order valence-electron chi connectivity index (χ3n) is 3.15. The number of nitrogens with one attached hydrogen (secondary N) is 1. The predicted molar refractivity (Wildman–Crippen MR) is 94.9 cm³/mol. The van der Waals surface area contributed by atoms with E-state index in [1.165, 1.54) is 17.4 Å². The van der Waals surface area contributed by atoms with E-state index in [2.05, 4.69) is 15.5 Å². The predicted octanol–water partition coefficient (Wildman–Crippen LogP) is 4.03. The molecule has 2 aromatic carbocycles. The van der Waals surface area contributed by atoms with Gasteiger partial charge in [-0.25, -0.2) is 13.8 Å². The van der Waals surface area contributed by atoms with E-state index in [9.17, 15) is 8.78 Å². The number of rotatable bonds is 6. The van der Waals surface area contributed by atoms with E-state index in [4.69, 9.17) is 10.5 Å². The van der Waals surface area contributed by atoms with Crippen molar-refractivity contribution in [3.05, 3.63) is 70.6 Å². The summed E-state index contributed by atoms with van der Waals surface area (Å²) in [5, 5.41) is 6.36. The first kappa shape index (κ1) is 16.8. The van der Waals surface area contributed by atoms with Crippen molar-refractivity contribution >= 4 is 28.5 Å². The molecule has 0 atom stereocenters. The number of ether oxygens (including phenoxy) is 1. The van der Waals surface area contributed by atoms with E-state index in [0.29, 0.717) is 10.9 Å². The minimum atomic E-state index is -0.732. The number of hydrazone groups is 1. The topological polar surface area (TPSA) is 72.5 Å². The summed E-state index contributed by atoms with van der Waals surface area (Å²) < 4.78 is 32.4. The molecule has 1 aromatic heterocycles. The number of thiazole rings is 1. The molecule has 128 valence electrons. The van der Waals surface area contributed by atoms with Gasteiger partial charge in [0.15, 0.2) is 17.4 Å². The maximum absolute atomic E-state index is 13.6. The zero-order valence-electron chi connectivity index (χ0n) is 12.9. The van der Waals surface area contributed by atoms with Gasteiger partial charge in [0.05, 0.1) is 6.21 Å². The number of hydrogen-bond donors (Lipinski definition) is 2. The summed E-state index contributed by atoms with van der Waals surface area (Å²) in [5.41, 5.74) is 9.85. The summed E-state index contributed by atoms with van der Waals surface area (Å²) in [5.74, 6) is -1.42. The summed E-state index contributed by atoms with van der Waals surface area (Å²) in [6.07, 6.45) is 1.60. The van der Waals surface area contributed by atoms with Crippen molar-refractivity contribution in [3.63, 3.8) is 0 Å². The fourth-order valence-corrected chi connectivity index (χ4v) is 2.59. The summed E-state index contributed by atoms with van der Waals surface area (Å²) in [6.45, 7) is 0.0377. The summed E-state index contributed by atoms with van der Waals surface area (Å²) in [4.78, 5) is 4.02. The maximum atomic E-state index is 13.6. The lowest BCUT2D eigenvalue weighted by Gasteiger charge is -2.08. The molecule has 0 saturated carbocycles. The Morgan fingerprint density at radius 1 is 1.20 bits per heavy atom. The van der Waals surface area contributed by atoms with Gasteiger partial charge in [0, 0.05) is 5.38 Å². The number of hydrogen-bond acceptors (Lipinski definition) is 6. The number of aromatic nitrogens is 1. The monoisotopic (exact) mass is 360 g/mol. The highest BCUT2D eigenvalue weighted by molar-refractivity contribution is 7.14. The number of nitrogens with zero attached hydrogens (tertiary/aromatic N) is 2. The van der Waals surface area contributed by atoms with Crippen LogP contribution in [0.1, 0.15) is 11.1 Å². The van der Waals surface area contributed by atoms with Gasteiger partial charge in [-0.15, -0.1) is 11.3 Å². The Labute approximate surface area is 146 Å². The number of anilines is 2. The van der Waals surface area contributed by atoms with Gasteiger partial charge in [0.1, 0.15) is 12.4 Å². The molecule has 0 bridgehead atoms. The molecule has 0 aliphatic heterocycles. The Morgan fingerprint density at radius 2 is 1.96 bits per heavy atom. The average molecular weight is 360 g/mol. The molecular weight excluding hydrogens is 346 g/mol. The molecule has 3 N–H and O–H groups in total. The van der Waals surface area contributed by atoms with E-state index in [1.54, 1.807) is 29.8 Å². The molecular formula is C17H14F2N4OS. The molecule has 0 aliphatic rings. The standard InChI is InChI=1S/C17H14F2N4OS/c18-13-5-2-6-14(19)16(13)24-9-12-4-1-3-11(7-12)8-21-23-17-22-15(20)10-25-17/h1-8,10H,9,20H2,(H,22,23). The largest absolute Gasteiger partial charge is 0.483 e. The van der Waals surface area contributed by atoms with Crippen LogP contribution in [-0.4, -0.2) is 11.2 Å². The molecule has 0 saturated heterocycles. The second kappa shape index (κ2) is 7.71. The Morgan fingerprint density at radius 3 is 2.68 bits per heavy atom. The molecule has 3 rings (SSSR count). The fraction of sp³-hybridized carbons (Fsp3) is 0.0588. The lowest BCUT2D eigenvalue weighted by atomic mass is 10.1. The van der Waals surface area contributed by atoms with E-state index in [0.717, 1.165) is 23.3 Å². The van der Waals surface area contributed by atoms with Crippen molar-refractivity contribution in [2.45, 2.75) is 6.61 Å². The highest BCUT2D eigenvalue weighted by atomic mass is 32.1. The Balaban J connectivity index is 1.63. The van der Waals surface area contributed by atoms with Gasteiger partial charge in [0.2, 0.25) is 5.13 Å². The van der Waals surface area contributed by atoms with Crippen molar-refractivity contribution in [2.75, 3.05) is 11.2 Å². The molecule has 0 amide bonds. The van der Waals surface area contributed by atoms with Gasteiger partial charge in [0.25, 0.3) is 0 Å². The zero-order chi connectivity index (χ0) is 17.6. The van der Waals surface area contributed by atoms with Crippen molar-refractivity contribution in [2.24, 2.45) is 5.10 Å². The van der Waals surface area contributed by atoms with Gasteiger partial charge >= 0.3 is 0 Å². The molecule has 1 heterocycles. The quantitative estimate of drug-likeness (QED) is 0.514. The molecule has 0 spiro atoms. The highest BCUT2D eigenvalue weighted by Crippen LogP contribution is 2.22. The third kappa shape index (κ3) is 4.51. The molecule has 25 heavy (non-hydrogen) atoms. The number of para-hydroxylation sites is 1. The first-order chi connectivity index (χ1) is 12.1. The molecule has 0 aliphatic carbocycles. The second-order valence-electron chi connectivity index (χ2n) is 5.03. The van der Waals surface area contributed by atoms with Crippen molar-refractivity contribution < 1.29 is 13.5 Å². The van der Waals surface area contributed by atoms with Gasteiger partial charge in [-0.2, -0.15) is 5.10 Å².